The van der Waals surface area contributed by atoms with Crippen LogP contribution < -0.4 is 0 Å². The molecule has 5 nitrogen and oxygen atoms in total. The second-order valence-corrected chi connectivity index (χ2v) is 5.13. The van der Waals surface area contributed by atoms with E-state index in [9.17, 15) is 5.11 Å². The van der Waals surface area contributed by atoms with Crippen molar-refractivity contribution in [2.75, 3.05) is 19.8 Å². The lowest BCUT2D eigenvalue weighted by Gasteiger charge is -2.21. The molecule has 0 aromatic carbocycles. The molecule has 2 atom stereocenters. The number of hydrogen-bond donors (Lipinski definition) is 1. The van der Waals surface area contributed by atoms with E-state index in [-0.39, 0.29) is 6.04 Å². The minimum atomic E-state index is -0.838. The zero-order valence-electron chi connectivity index (χ0n) is 12.7. The zero-order chi connectivity index (χ0) is 14.7. The molecule has 2 heterocycles. The Bertz CT molecular complexity index is 494. The highest BCUT2D eigenvalue weighted by Gasteiger charge is 2.23. The highest BCUT2D eigenvalue weighted by molar-refractivity contribution is 5.69. The molecule has 0 radical (unpaired) electrons. The van der Waals surface area contributed by atoms with Crippen LogP contribution in [0.1, 0.15) is 43.3 Å². The highest BCUT2D eigenvalue weighted by Crippen LogP contribution is 2.29. The summed E-state index contributed by atoms with van der Waals surface area (Å²) in [6.45, 7) is 9.75. The molecule has 0 saturated carbocycles. The first kappa shape index (κ1) is 15.2. The smallest absolute Gasteiger partial charge is 0.176 e. The van der Waals surface area contributed by atoms with Gasteiger partial charge in [-0.05, 0) is 39.7 Å². The van der Waals surface area contributed by atoms with Crippen LogP contribution in [0.15, 0.2) is 6.08 Å². The summed E-state index contributed by atoms with van der Waals surface area (Å²) in [5.74, 6) is 0. The van der Waals surface area contributed by atoms with E-state index in [1.807, 2.05) is 32.4 Å². The maximum atomic E-state index is 9.99. The van der Waals surface area contributed by atoms with E-state index in [4.69, 9.17) is 9.47 Å². The Hall–Kier alpha value is -1.17. The number of rotatable bonds is 5. The van der Waals surface area contributed by atoms with Crippen LogP contribution in [0, 0.1) is 13.8 Å². The van der Waals surface area contributed by atoms with Crippen molar-refractivity contribution in [3.05, 3.63) is 23.0 Å². The van der Waals surface area contributed by atoms with Gasteiger partial charge in [-0.25, -0.2) is 0 Å². The molecule has 1 aromatic heterocycles. The molecule has 112 valence electrons. The van der Waals surface area contributed by atoms with Crippen LogP contribution in [-0.2, 0) is 9.47 Å². The van der Waals surface area contributed by atoms with Gasteiger partial charge in [0.05, 0.1) is 18.9 Å². The van der Waals surface area contributed by atoms with Gasteiger partial charge in [0.25, 0.3) is 0 Å². The SMILES string of the molecule is CCO[C@H](O)C(C)n1nc(C)c(C2=CCOCC2)c1C. The number of aromatic nitrogens is 2. The van der Waals surface area contributed by atoms with Crippen molar-refractivity contribution in [3.63, 3.8) is 0 Å². The van der Waals surface area contributed by atoms with Gasteiger partial charge in [-0.3, -0.25) is 4.68 Å². The lowest BCUT2D eigenvalue weighted by molar-refractivity contribution is -0.123. The topological polar surface area (TPSA) is 56.5 Å². The van der Waals surface area contributed by atoms with Gasteiger partial charge in [0, 0.05) is 17.9 Å². The van der Waals surface area contributed by atoms with Gasteiger partial charge in [-0.15, -0.1) is 0 Å². The number of hydrogen-bond acceptors (Lipinski definition) is 4. The van der Waals surface area contributed by atoms with Gasteiger partial charge < -0.3 is 14.6 Å². The molecule has 0 saturated heterocycles. The molecular formula is C15H24N2O3. The van der Waals surface area contributed by atoms with Gasteiger partial charge in [0.1, 0.15) is 6.04 Å². The molecule has 1 aliphatic rings. The highest BCUT2D eigenvalue weighted by atomic mass is 16.6. The first-order chi connectivity index (χ1) is 9.56. The summed E-state index contributed by atoms with van der Waals surface area (Å²) < 4.78 is 12.5. The van der Waals surface area contributed by atoms with E-state index in [2.05, 4.69) is 11.2 Å². The molecule has 1 N–H and O–H groups in total. The Kier molecular flexibility index (Phi) is 4.96. The van der Waals surface area contributed by atoms with Gasteiger partial charge in [-0.1, -0.05) is 6.08 Å². The second kappa shape index (κ2) is 6.52. The fourth-order valence-corrected chi connectivity index (χ4v) is 2.71. The Balaban J connectivity index is 2.31. The molecule has 0 spiro atoms. The minimum Gasteiger partial charge on any atom is -0.377 e. The minimum absolute atomic E-state index is 0.206. The largest absolute Gasteiger partial charge is 0.377 e. The van der Waals surface area contributed by atoms with Gasteiger partial charge in [-0.2, -0.15) is 5.10 Å². The molecule has 0 amide bonds. The first-order valence-corrected chi connectivity index (χ1v) is 7.18. The third-order valence-corrected chi connectivity index (χ3v) is 3.75. The van der Waals surface area contributed by atoms with Crippen molar-refractivity contribution in [3.8, 4) is 0 Å². The summed E-state index contributed by atoms with van der Waals surface area (Å²) >= 11 is 0. The molecule has 0 fully saturated rings. The Morgan fingerprint density at radius 1 is 1.50 bits per heavy atom. The summed E-state index contributed by atoms with van der Waals surface area (Å²) in [7, 11) is 0. The quantitative estimate of drug-likeness (QED) is 0.840. The fraction of sp³-hybridized carbons (Fsp3) is 0.667. The number of nitrogens with zero attached hydrogens (tertiary/aromatic N) is 2. The summed E-state index contributed by atoms with van der Waals surface area (Å²) in [5.41, 5.74) is 4.53. The molecule has 2 rings (SSSR count). The number of ether oxygens (including phenoxy) is 2. The predicted octanol–water partition coefficient (Wildman–Crippen LogP) is 2.22. The Morgan fingerprint density at radius 3 is 2.85 bits per heavy atom. The molecule has 5 heteroatoms. The Morgan fingerprint density at radius 2 is 2.25 bits per heavy atom. The van der Waals surface area contributed by atoms with Crippen LogP contribution in [0.3, 0.4) is 0 Å². The molecular weight excluding hydrogens is 256 g/mol. The average Bonchev–Trinajstić information content (AvgIpc) is 2.74. The van der Waals surface area contributed by atoms with Crippen LogP contribution in [0.4, 0.5) is 0 Å². The maximum absolute atomic E-state index is 9.99. The van der Waals surface area contributed by atoms with Crippen LogP contribution in [-0.4, -0.2) is 41.0 Å². The monoisotopic (exact) mass is 280 g/mol. The van der Waals surface area contributed by atoms with Crippen LogP contribution in [0.2, 0.25) is 0 Å². The van der Waals surface area contributed by atoms with E-state index in [1.54, 1.807) is 0 Å². The summed E-state index contributed by atoms with van der Waals surface area (Å²) in [5, 5.41) is 14.6. The van der Waals surface area contributed by atoms with Crippen LogP contribution in [0.25, 0.3) is 5.57 Å². The van der Waals surface area contributed by atoms with E-state index in [0.29, 0.717) is 13.2 Å². The first-order valence-electron chi connectivity index (χ1n) is 7.18. The van der Waals surface area contributed by atoms with E-state index >= 15 is 0 Å². The summed E-state index contributed by atoms with van der Waals surface area (Å²) in [6.07, 6.45) is 2.19. The lowest BCUT2D eigenvalue weighted by Crippen LogP contribution is -2.26. The molecule has 20 heavy (non-hydrogen) atoms. The standard InChI is InChI=1S/C15H24N2O3/c1-5-20-15(18)12(4)17-11(3)14(10(2)16-17)13-6-8-19-9-7-13/h6,12,15,18H,5,7-9H2,1-4H3/t12?,15-/m0/s1. The zero-order valence-corrected chi connectivity index (χ0v) is 12.7. The lowest BCUT2D eigenvalue weighted by atomic mass is 10.00. The average molecular weight is 280 g/mol. The van der Waals surface area contributed by atoms with Crippen molar-refractivity contribution >= 4 is 5.57 Å². The van der Waals surface area contributed by atoms with Gasteiger partial charge in [0.15, 0.2) is 6.29 Å². The number of aliphatic hydroxyl groups is 1. The van der Waals surface area contributed by atoms with Crippen molar-refractivity contribution in [1.82, 2.24) is 9.78 Å². The maximum Gasteiger partial charge on any atom is 0.176 e. The third-order valence-electron chi connectivity index (χ3n) is 3.75. The van der Waals surface area contributed by atoms with Gasteiger partial charge in [0.2, 0.25) is 0 Å². The second-order valence-electron chi connectivity index (χ2n) is 5.13. The van der Waals surface area contributed by atoms with Crippen LogP contribution in [0.5, 0.6) is 0 Å². The molecule has 0 bridgehead atoms. The third kappa shape index (κ3) is 2.95. The summed E-state index contributed by atoms with van der Waals surface area (Å²) in [4.78, 5) is 0. The Labute approximate surface area is 120 Å². The fourth-order valence-electron chi connectivity index (χ4n) is 2.71. The van der Waals surface area contributed by atoms with E-state index in [0.717, 1.165) is 24.4 Å². The molecule has 0 aliphatic carbocycles. The normalized spacial score (nSPS) is 18.8. The van der Waals surface area contributed by atoms with Crippen molar-refractivity contribution < 1.29 is 14.6 Å². The van der Waals surface area contributed by atoms with Crippen LogP contribution >= 0.6 is 0 Å². The number of aliphatic hydroxyl groups excluding tert-OH is 1. The predicted molar refractivity (Wildman–Crippen MR) is 77.5 cm³/mol. The van der Waals surface area contributed by atoms with Crippen molar-refractivity contribution in [1.29, 1.82) is 0 Å². The molecule has 1 aliphatic heterocycles. The van der Waals surface area contributed by atoms with Crippen molar-refractivity contribution in [2.45, 2.75) is 46.4 Å². The van der Waals surface area contributed by atoms with E-state index in [1.165, 1.54) is 11.1 Å². The summed E-state index contributed by atoms with van der Waals surface area (Å²) in [6, 6.07) is -0.206. The number of aryl methyl sites for hydroxylation is 1. The molecule has 1 unspecified atom stereocenters. The van der Waals surface area contributed by atoms with Gasteiger partial charge >= 0.3 is 0 Å². The van der Waals surface area contributed by atoms with Crippen molar-refractivity contribution in [2.24, 2.45) is 0 Å². The molecule has 1 aromatic rings. The van der Waals surface area contributed by atoms with E-state index < -0.39 is 6.29 Å².